The van der Waals surface area contributed by atoms with Gasteiger partial charge in [-0.05, 0) is 20.8 Å². The van der Waals surface area contributed by atoms with Gasteiger partial charge in [0, 0.05) is 28.2 Å². The predicted molar refractivity (Wildman–Crippen MR) is 77.1 cm³/mol. The van der Waals surface area contributed by atoms with Crippen molar-refractivity contribution in [1.82, 2.24) is 20.4 Å². The zero-order valence-electron chi connectivity index (χ0n) is 13.4. The molecule has 0 aliphatic rings. The zero-order chi connectivity index (χ0) is 16.1. The average Bonchev–Trinajstić information content (AvgIpc) is 2.34. The van der Waals surface area contributed by atoms with Crippen LogP contribution >= 0.6 is 0 Å². The zero-order valence-corrected chi connectivity index (χ0v) is 13.4. The van der Waals surface area contributed by atoms with Gasteiger partial charge in [0.15, 0.2) is 0 Å². The third-order valence-corrected chi connectivity index (χ3v) is 2.82. The van der Waals surface area contributed by atoms with Crippen molar-refractivity contribution in [2.45, 2.75) is 32.4 Å². The highest BCUT2D eigenvalue weighted by Crippen LogP contribution is 2.04. The Balaban J connectivity index is 4.37. The SMILES string of the molecule is CC(NC(=O)CNC(C)(C)C(=O)N(C)C)C(=O)N(C)C. The number of carbonyl (C=O) groups excluding carboxylic acids is 3. The van der Waals surface area contributed by atoms with E-state index in [0.717, 1.165) is 0 Å². The minimum atomic E-state index is -0.838. The molecule has 0 heterocycles. The van der Waals surface area contributed by atoms with E-state index >= 15 is 0 Å². The summed E-state index contributed by atoms with van der Waals surface area (Å²) in [4.78, 5) is 38.1. The fourth-order valence-electron chi connectivity index (χ4n) is 1.68. The number of nitrogens with zero attached hydrogens (tertiary/aromatic N) is 2. The third-order valence-electron chi connectivity index (χ3n) is 2.82. The maximum Gasteiger partial charge on any atom is 0.244 e. The second-order valence-corrected chi connectivity index (χ2v) is 5.70. The van der Waals surface area contributed by atoms with Gasteiger partial charge in [-0.15, -0.1) is 0 Å². The van der Waals surface area contributed by atoms with Crippen molar-refractivity contribution >= 4 is 17.7 Å². The van der Waals surface area contributed by atoms with Crippen LogP contribution in [0.4, 0.5) is 0 Å². The number of rotatable bonds is 6. The summed E-state index contributed by atoms with van der Waals surface area (Å²) in [7, 11) is 6.57. The third kappa shape index (κ3) is 5.56. The predicted octanol–water partition coefficient (Wildman–Crippen LogP) is -0.964. The summed E-state index contributed by atoms with van der Waals surface area (Å²) in [5.41, 5.74) is -0.838. The van der Waals surface area contributed by atoms with Crippen molar-refractivity contribution in [1.29, 1.82) is 0 Å². The first-order valence-electron chi connectivity index (χ1n) is 6.46. The van der Waals surface area contributed by atoms with Gasteiger partial charge >= 0.3 is 0 Å². The molecule has 1 atom stereocenters. The lowest BCUT2D eigenvalue weighted by atomic mass is 10.0. The van der Waals surface area contributed by atoms with Crippen molar-refractivity contribution in [3.8, 4) is 0 Å². The number of nitrogens with one attached hydrogen (secondary N) is 2. The van der Waals surface area contributed by atoms with E-state index in [4.69, 9.17) is 0 Å². The topological polar surface area (TPSA) is 81.8 Å². The van der Waals surface area contributed by atoms with Gasteiger partial charge in [-0.2, -0.15) is 0 Å². The molecule has 0 rings (SSSR count). The Morgan fingerprint density at radius 3 is 1.95 bits per heavy atom. The lowest BCUT2D eigenvalue weighted by molar-refractivity contribution is -0.136. The summed E-state index contributed by atoms with van der Waals surface area (Å²) in [6.45, 7) is 5.00. The summed E-state index contributed by atoms with van der Waals surface area (Å²) >= 11 is 0. The highest BCUT2D eigenvalue weighted by atomic mass is 16.2. The average molecular weight is 286 g/mol. The minimum Gasteiger partial charge on any atom is -0.347 e. The van der Waals surface area contributed by atoms with E-state index in [-0.39, 0.29) is 24.3 Å². The largest absolute Gasteiger partial charge is 0.347 e. The van der Waals surface area contributed by atoms with Gasteiger partial charge < -0.3 is 15.1 Å². The van der Waals surface area contributed by atoms with Gasteiger partial charge in [0.25, 0.3) is 0 Å². The Hall–Kier alpha value is -1.63. The van der Waals surface area contributed by atoms with Crippen LogP contribution in [0.5, 0.6) is 0 Å². The molecule has 7 heteroatoms. The smallest absolute Gasteiger partial charge is 0.244 e. The number of hydrogen-bond acceptors (Lipinski definition) is 4. The van der Waals surface area contributed by atoms with Crippen LogP contribution in [-0.4, -0.2) is 73.8 Å². The molecule has 0 aliphatic heterocycles. The van der Waals surface area contributed by atoms with E-state index in [2.05, 4.69) is 10.6 Å². The lowest BCUT2D eigenvalue weighted by Crippen LogP contribution is -2.55. The van der Waals surface area contributed by atoms with E-state index in [1.165, 1.54) is 9.80 Å². The Kier molecular flexibility index (Phi) is 6.64. The molecule has 20 heavy (non-hydrogen) atoms. The van der Waals surface area contributed by atoms with Crippen molar-refractivity contribution in [2.24, 2.45) is 0 Å². The van der Waals surface area contributed by atoms with Crippen molar-refractivity contribution < 1.29 is 14.4 Å². The van der Waals surface area contributed by atoms with Gasteiger partial charge in [0.2, 0.25) is 17.7 Å². The van der Waals surface area contributed by atoms with Gasteiger partial charge in [0.1, 0.15) is 6.04 Å². The van der Waals surface area contributed by atoms with E-state index < -0.39 is 11.6 Å². The Bertz CT molecular complexity index is 378. The Morgan fingerprint density at radius 1 is 1.05 bits per heavy atom. The van der Waals surface area contributed by atoms with Gasteiger partial charge in [-0.25, -0.2) is 0 Å². The van der Waals surface area contributed by atoms with Crippen LogP contribution in [0.15, 0.2) is 0 Å². The number of hydrogen-bond donors (Lipinski definition) is 2. The maximum absolute atomic E-state index is 11.9. The minimum absolute atomic E-state index is 0.0301. The van der Waals surface area contributed by atoms with Gasteiger partial charge in [-0.1, -0.05) is 0 Å². The van der Waals surface area contributed by atoms with E-state index in [1.807, 2.05) is 0 Å². The molecular weight excluding hydrogens is 260 g/mol. The highest BCUT2D eigenvalue weighted by Gasteiger charge is 2.29. The fraction of sp³-hybridized carbons (Fsp3) is 0.769. The molecule has 0 saturated carbocycles. The molecule has 0 saturated heterocycles. The van der Waals surface area contributed by atoms with Crippen LogP contribution in [0.2, 0.25) is 0 Å². The molecule has 0 aromatic rings. The van der Waals surface area contributed by atoms with Gasteiger partial charge in [-0.3, -0.25) is 19.7 Å². The molecule has 0 aliphatic carbocycles. The van der Waals surface area contributed by atoms with Crippen molar-refractivity contribution in [3.05, 3.63) is 0 Å². The van der Waals surface area contributed by atoms with E-state index in [1.54, 1.807) is 49.0 Å². The van der Waals surface area contributed by atoms with Crippen LogP contribution in [0.1, 0.15) is 20.8 Å². The molecule has 0 aromatic carbocycles. The normalized spacial score (nSPS) is 12.6. The monoisotopic (exact) mass is 286 g/mol. The summed E-state index contributed by atoms with van der Waals surface area (Å²) in [5, 5.41) is 5.47. The Morgan fingerprint density at radius 2 is 1.55 bits per heavy atom. The van der Waals surface area contributed by atoms with E-state index in [9.17, 15) is 14.4 Å². The molecule has 0 fully saturated rings. The molecular formula is C13H26N4O3. The molecule has 0 aromatic heterocycles. The van der Waals surface area contributed by atoms with Crippen molar-refractivity contribution in [3.63, 3.8) is 0 Å². The first-order valence-corrected chi connectivity index (χ1v) is 6.46. The summed E-state index contributed by atoms with van der Waals surface area (Å²) in [6, 6.07) is -0.591. The fourth-order valence-corrected chi connectivity index (χ4v) is 1.68. The van der Waals surface area contributed by atoms with Crippen LogP contribution < -0.4 is 10.6 Å². The number of likely N-dealkylation sites (N-methyl/N-ethyl adjacent to an activating group) is 2. The number of carbonyl (C=O) groups is 3. The molecule has 0 bridgehead atoms. The lowest BCUT2D eigenvalue weighted by Gasteiger charge is -2.28. The molecule has 2 N–H and O–H groups in total. The second kappa shape index (κ2) is 7.23. The van der Waals surface area contributed by atoms with Crippen molar-refractivity contribution in [2.75, 3.05) is 34.7 Å². The van der Waals surface area contributed by atoms with Crippen LogP contribution in [0.3, 0.4) is 0 Å². The standard InChI is InChI=1S/C13H26N4O3/c1-9(11(19)16(4)5)15-10(18)8-14-13(2,3)12(20)17(6)7/h9,14H,8H2,1-7H3,(H,15,18). The molecule has 7 nitrogen and oxygen atoms in total. The molecule has 3 amide bonds. The summed E-state index contributed by atoms with van der Waals surface area (Å²) < 4.78 is 0. The molecule has 1 unspecified atom stereocenters. The van der Waals surface area contributed by atoms with Crippen LogP contribution in [-0.2, 0) is 14.4 Å². The number of amides is 3. The first kappa shape index (κ1) is 18.4. The Labute approximate surface area is 120 Å². The quantitative estimate of drug-likeness (QED) is 0.659. The van der Waals surface area contributed by atoms with Crippen LogP contribution in [0, 0.1) is 0 Å². The van der Waals surface area contributed by atoms with Crippen LogP contribution in [0.25, 0.3) is 0 Å². The molecule has 0 radical (unpaired) electrons. The molecule has 0 spiro atoms. The first-order chi connectivity index (χ1) is 8.99. The summed E-state index contributed by atoms with van der Waals surface area (Å²) in [6.07, 6.45) is 0. The highest BCUT2D eigenvalue weighted by molar-refractivity contribution is 5.89. The molecule has 116 valence electrons. The van der Waals surface area contributed by atoms with Gasteiger partial charge in [0.05, 0.1) is 12.1 Å². The maximum atomic E-state index is 11.9. The second-order valence-electron chi connectivity index (χ2n) is 5.70. The van der Waals surface area contributed by atoms with E-state index in [0.29, 0.717) is 0 Å². The summed E-state index contributed by atoms with van der Waals surface area (Å²) in [5.74, 6) is -0.628.